The van der Waals surface area contributed by atoms with Crippen LogP contribution in [-0.2, 0) is 9.53 Å². The van der Waals surface area contributed by atoms with Crippen LogP contribution >= 0.6 is 0 Å². The SMILES string of the molecule is CCCCN(CC(F)(F)F)C(=O)COCC1CC1. The highest BCUT2D eigenvalue weighted by molar-refractivity contribution is 5.77. The quantitative estimate of drug-likeness (QED) is 0.676. The molecule has 18 heavy (non-hydrogen) atoms. The third kappa shape index (κ3) is 6.83. The Labute approximate surface area is 105 Å². The molecule has 0 atom stereocenters. The molecule has 0 spiro atoms. The van der Waals surface area contributed by atoms with Gasteiger partial charge in [0.05, 0.1) is 6.61 Å². The largest absolute Gasteiger partial charge is 0.406 e. The molecule has 6 heteroatoms. The molecule has 1 amide bonds. The van der Waals surface area contributed by atoms with Gasteiger partial charge in [-0.05, 0) is 25.2 Å². The van der Waals surface area contributed by atoms with Crippen LogP contribution in [0.15, 0.2) is 0 Å². The molecule has 0 bridgehead atoms. The van der Waals surface area contributed by atoms with Crippen molar-refractivity contribution in [2.75, 3.05) is 26.3 Å². The van der Waals surface area contributed by atoms with E-state index in [0.29, 0.717) is 18.9 Å². The molecule has 1 rings (SSSR count). The van der Waals surface area contributed by atoms with Gasteiger partial charge >= 0.3 is 6.18 Å². The van der Waals surface area contributed by atoms with Crippen molar-refractivity contribution >= 4 is 5.91 Å². The van der Waals surface area contributed by atoms with Gasteiger partial charge in [-0.15, -0.1) is 0 Å². The standard InChI is InChI=1S/C12H20F3NO2/c1-2-3-6-16(9-12(13,14)15)11(17)8-18-7-10-4-5-10/h10H,2-9H2,1H3. The highest BCUT2D eigenvalue weighted by atomic mass is 19.4. The van der Waals surface area contributed by atoms with Gasteiger partial charge < -0.3 is 9.64 Å². The summed E-state index contributed by atoms with van der Waals surface area (Å²) in [6.45, 7) is 1.08. The van der Waals surface area contributed by atoms with E-state index in [1.54, 1.807) is 0 Å². The number of carbonyl (C=O) groups excluding carboxylic acids is 1. The second-order valence-electron chi connectivity index (χ2n) is 4.74. The molecule has 0 unspecified atom stereocenters. The fourth-order valence-corrected chi connectivity index (χ4v) is 1.55. The van der Waals surface area contributed by atoms with E-state index in [1.807, 2.05) is 6.92 Å². The van der Waals surface area contributed by atoms with Gasteiger partial charge in [0.15, 0.2) is 0 Å². The Bertz CT molecular complexity index is 265. The second-order valence-corrected chi connectivity index (χ2v) is 4.74. The number of carbonyl (C=O) groups is 1. The average molecular weight is 267 g/mol. The Balaban J connectivity index is 2.32. The van der Waals surface area contributed by atoms with Crippen molar-refractivity contribution in [3.63, 3.8) is 0 Å². The summed E-state index contributed by atoms with van der Waals surface area (Å²) in [6.07, 6.45) is -0.832. The summed E-state index contributed by atoms with van der Waals surface area (Å²) in [5, 5.41) is 0. The van der Waals surface area contributed by atoms with Gasteiger partial charge in [-0.2, -0.15) is 13.2 Å². The zero-order valence-electron chi connectivity index (χ0n) is 10.6. The van der Waals surface area contributed by atoms with Gasteiger partial charge in [-0.25, -0.2) is 0 Å². The maximum Gasteiger partial charge on any atom is 0.406 e. The van der Waals surface area contributed by atoms with Crippen molar-refractivity contribution < 1.29 is 22.7 Å². The Hall–Kier alpha value is -0.780. The number of ether oxygens (including phenoxy) is 1. The second kappa shape index (κ2) is 6.97. The third-order valence-electron chi connectivity index (χ3n) is 2.78. The molecule has 1 fully saturated rings. The van der Waals surface area contributed by atoms with Gasteiger partial charge in [0.1, 0.15) is 13.2 Å². The lowest BCUT2D eigenvalue weighted by atomic mass is 10.3. The molecular weight excluding hydrogens is 247 g/mol. The average Bonchev–Trinajstić information content (AvgIpc) is 3.06. The predicted molar refractivity (Wildman–Crippen MR) is 61.1 cm³/mol. The Morgan fingerprint density at radius 3 is 2.56 bits per heavy atom. The molecule has 0 saturated heterocycles. The van der Waals surface area contributed by atoms with Crippen LogP contribution in [0.3, 0.4) is 0 Å². The van der Waals surface area contributed by atoms with Gasteiger partial charge in [0.2, 0.25) is 5.91 Å². The summed E-state index contributed by atoms with van der Waals surface area (Å²) < 4.78 is 42.1. The normalized spacial score (nSPS) is 15.8. The first kappa shape index (κ1) is 15.3. The van der Waals surface area contributed by atoms with Crippen molar-refractivity contribution in [1.29, 1.82) is 0 Å². The van der Waals surface area contributed by atoms with Crippen molar-refractivity contribution in [3.8, 4) is 0 Å². The fraction of sp³-hybridized carbons (Fsp3) is 0.917. The number of alkyl halides is 3. The Morgan fingerprint density at radius 1 is 1.39 bits per heavy atom. The van der Waals surface area contributed by atoms with Crippen LogP contribution in [0.2, 0.25) is 0 Å². The lowest BCUT2D eigenvalue weighted by Crippen LogP contribution is -2.41. The van der Waals surface area contributed by atoms with Crippen molar-refractivity contribution in [3.05, 3.63) is 0 Å². The zero-order chi connectivity index (χ0) is 13.6. The summed E-state index contributed by atoms with van der Waals surface area (Å²) in [5.41, 5.74) is 0. The smallest absolute Gasteiger partial charge is 0.371 e. The fourth-order valence-electron chi connectivity index (χ4n) is 1.55. The van der Waals surface area contributed by atoms with E-state index in [-0.39, 0.29) is 13.2 Å². The topological polar surface area (TPSA) is 29.5 Å². The lowest BCUT2D eigenvalue weighted by Gasteiger charge is -2.23. The van der Waals surface area contributed by atoms with E-state index in [1.165, 1.54) is 0 Å². The highest BCUT2D eigenvalue weighted by Gasteiger charge is 2.32. The molecule has 0 radical (unpaired) electrons. The van der Waals surface area contributed by atoms with Crippen molar-refractivity contribution in [2.24, 2.45) is 5.92 Å². The van der Waals surface area contributed by atoms with E-state index in [9.17, 15) is 18.0 Å². The summed E-state index contributed by atoms with van der Waals surface area (Å²) in [5.74, 6) is -0.0640. The van der Waals surface area contributed by atoms with Crippen LogP contribution in [-0.4, -0.2) is 43.3 Å². The van der Waals surface area contributed by atoms with Crippen molar-refractivity contribution in [1.82, 2.24) is 4.90 Å². The van der Waals surface area contributed by atoms with E-state index >= 15 is 0 Å². The maximum absolute atomic E-state index is 12.3. The van der Waals surface area contributed by atoms with Gasteiger partial charge in [0.25, 0.3) is 0 Å². The van der Waals surface area contributed by atoms with Crippen LogP contribution in [0, 0.1) is 5.92 Å². The number of nitrogens with zero attached hydrogens (tertiary/aromatic N) is 1. The molecule has 0 aromatic rings. The zero-order valence-corrected chi connectivity index (χ0v) is 10.6. The molecular formula is C12H20F3NO2. The summed E-state index contributed by atoms with van der Waals surface area (Å²) in [6, 6.07) is 0. The first-order valence-corrected chi connectivity index (χ1v) is 6.34. The molecule has 1 aliphatic rings. The molecule has 3 nitrogen and oxygen atoms in total. The molecule has 0 heterocycles. The van der Waals surface area contributed by atoms with Gasteiger partial charge in [0, 0.05) is 6.54 Å². The summed E-state index contributed by atoms with van der Waals surface area (Å²) in [4.78, 5) is 12.5. The van der Waals surface area contributed by atoms with E-state index < -0.39 is 18.6 Å². The molecule has 106 valence electrons. The summed E-state index contributed by atoms with van der Waals surface area (Å²) in [7, 11) is 0. The van der Waals surface area contributed by atoms with Crippen LogP contribution in [0.25, 0.3) is 0 Å². The number of hydrogen-bond donors (Lipinski definition) is 0. The van der Waals surface area contributed by atoms with Gasteiger partial charge in [-0.1, -0.05) is 13.3 Å². The van der Waals surface area contributed by atoms with Crippen LogP contribution in [0.4, 0.5) is 13.2 Å². The minimum absolute atomic E-state index is 0.141. The molecule has 0 aromatic carbocycles. The molecule has 1 saturated carbocycles. The number of rotatable bonds is 8. The Kier molecular flexibility index (Phi) is 5.91. The Morgan fingerprint density at radius 2 is 2.06 bits per heavy atom. The van der Waals surface area contributed by atoms with Crippen LogP contribution < -0.4 is 0 Å². The third-order valence-corrected chi connectivity index (χ3v) is 2.78. The lowest BCUT2D eigenvalue weighted by molar-refractivity contribution is -0.164. The van der Waals surface area contributed by atoms with Crippen LogP contribution in [0.1, 0.15) is 32.6 Å². The van der Waals surface area contributed by atoms with E-state index in [2.05, 4.69) is 0 Å². The summed E-state index contributed by atoms with van der Waals surface area (Å²) >= 11 is 0. The minimum atomic E-state index is -4.35. The number of halogens is 3. The minimum Gasteiger partial charge on any atom is -0.371 e. The molecule has 0 aliphatic heterocycles. The van der Waals surface area contributed by atoms with E-state index in [4.69, 9.17) is 4.74 Å². The van der Waals surface area contributed by atoms with Gasteiger partial charge in [-0.3, -0.25) is 4.79 Å². The monoisotopic (exact) mass is 267 g/mol. The number of amides is 1. The number of hydrogen-bond acceptors (Lipinski definition) is 2. The molecule has 0 aromatic heterocycles. The number of unbranched alkanes of at least 4 members (excludes halogenated alkanes) is 1. The first-order valence-electron chi connectivity index (χ1n) is 6.34. The molecule has 1 aliphatic carbocycles. The first-order chi connectivity index (χ1) is 8.42. The maximum atomic E-state index is 12.3. The predicted octanol–water partition coefficient (Wildman–Crippen LogP) is 2.60. The van der Waals surface area contributed by atoms with Crippen LogP contribution in [0.5, 0.6) is 0 Å². The van der Waals surface area contributed by atoms with E-state index in [0.717, 1.165) is 24.2 Å². The highest BCUT2D eigenvalue weighted by Crippen LogP contribution is 2.28. The molecule has 0 N–H and O–H groups in total. The van der Waals surface area contributed by atoms with Crippen molar-refractivity contribution in [2.45, 2.75) is 38.8 Å².